The summed E-state index contributed by atoms with van der Waals surface area (Å²) in [6.07, 6.45) is 13.9. The zero-order valence-electron chi connectivity index (χ0n) is 28.5. The minimum Gasteiger partial charge on any atom is -0.164 e. The van der Waals surface area contributed by atoms with Crippen LogP contribution >= 0.6 is 17.0 Å². The Morgan fingerprint density at radius 1 is 0.521 bits per heavy atom. The summed E-state index contributed by atoms with van der Waals surface area (Å²) < 4.78 is 0. The molecule has 2 aliphatic carbocycles. The summed E-state index contributed by atoms with van der Waals surface area (Å²) in [4.78, 5) is 0. The van der Waals surface area contributed by atoms with Crippen molar-refractivity contribution in [3.8, 4) is 22.3 Å². The van der Waals surface area contributed by atoms with Gasteiger partial charge < -0.3 is 0 Å². The second-order valence-corrected chi connectivity index (χ2v) is 17.9. The molecule has 6 aromatic carbocycles. The van der Waals surface area contributed by atoms with Crippen LogP contribution in [0.25, 0.3) is 43.8 Å². The molecule has 8 rings (SSSR count). The van der Waals surface area contributed by atoms with Crippen LogP contribution < -0.4 is 0 Å². The molecule has 0 nitrogen and oxygen atoms in total. The number of rotatable bonds is 4. The van der Waals surface area contributed by atoms with Gasteiger partial charge in [-0.15, -0.1) is 69.1 Å². The first kappa shape index (κ1) is 37.0. The maximum absolute atomic E-state index is 4.93. The molecule has 0 bridgehead atoms. The van der Waals surface area contributed by atoms with Gasteiger partial charge in [-0.25, -0.2) is 0 Å². The number of hydrogen-bond acceptors (Lipinski definition) is 0. The average molecular weight is 767 g/mol. The van der Waals surface area contributed by atoms with Crippen LogP contribution in [0, 0.1) is 0 Å². The molecule has 2 aliphatic rings. The van der Waals surface area contributed by atoms with E-state index >= 15 is 0 Å². The Morgan fingerprint density at radius 3 is 1.23 bits per heavy atom. The van der Waals surface area contributed by atoms with Crippen molar-refractivity contribution in [2.75, 3.05) is 0 Å². The van der Waals surface area contributed by atoms with E-state index in [1.807, 2.05) is 0 Å². The zero-order valence-corrected chi connectivity index (χ0v) is 33.5. The van der Waals surface area contributed by atoms with Gasteiger partial charge in [0.05, 0.1) is 0 Å². The predicted octanol–water partition coefficient (Wildman–Crippen LogP) is 14.7. The Balaban J connectivity index is 0.000000162. The first-order valence-corrected chi connectivity index (χ1v) is 26.0. The molecule has 0 atom stereocenters. The summed E-state index contributed by atoms with van der Waals surface area (Å²) in [5.74, 6) is 1.57. The van der Waals surface area contributed by atoms with E-state index in [0.717, 1.165) is 21.4 Å². The molecule has 6 aromatic rings. The van der Waals surface area contributed by atoms with Crippen LogP contribution in [0.2, 0.25) is 13.1 Å². The maximum atomic E-state index is 4.93. The normalized spacial score (nSPS) is 14.9. The molecule has 4 heteroatoms. The van der Waals surface area contributed by atoms with Gasteiger partial charge in [-0.2, -0.15) is 12.1 Å². The Labute approximate surface area is 310 Å². The molecule has 48 heavy (non-hydrogen) atoms. The Morgan fingerprint density at radius 2 is 0.875 bits per heavy atom. The van der Waals surface area contributed by atoms with Gasteiger partial charge in [-0.1, -0.05) is 136 Å². The van der Waals surface area contributed by atoms with Gasteiger partial charge in [0, 0.05) is 9.52 Å². The van der Waals surface area contributed by atoms with Crippen molar-refractivity contribution in [1.29, 1.82) is 0 Å². The van der Waals surface area contributed by atoms with Crippen LogP contribution in [0.5, 0.6) is 0 Å². The van der Waals surface area contributed by atoms with Gasteiger partial charge in [-0.3, -0.25) is 0 Å². The molecule has 0 unspecified atom stereocenters. The van der Waals surface area contributed by atoms with Gasteiger partial charge in [0.1, 0.15) is 0 Å². The molecular formula is C44H48Cl2SiZr. The molecular weight excluding hydrogens is 719 g/mol. The Hall–Kier alpha value is -2.22. The van der Waals surface area contributed by atoms with E-state index in [9.17, 15) is 0 Å². The smallest absolute Gasteiger partial charge is 0.0279 e. The van der Waals surface area contributed by atoms with E-state index < -0.39 is 20.8 Å². The van der Waals surface area contributed by atoms with Crippen molar-refractivity contribution in [3.63, 3.8) is 0 Å². The summed E-state index contributed by atoms with van der Waals surface area (Å²) in [6.45, 7) is 4.31. The van der Waals surface area contributed by atoms with Crippen molar-refractivity contribution in [1.82, 2.24) is 0 Å². The van der Waals surface area contributed by atoms with Gasteiger partial charge in [-0.05, 0) is 48.6 Å². The van der Waals surface area contributed by atoms with Crippen LogP contribution in [0.4, 0.5) is 0 Å². The molecule has 0 aromatic heterocycles. The second kappa shape index (κ2) is 19.8. The molecule has 0 N–H and O–H groups in total. The summed E-state index contributed by atoms with van der Waals surface area (Å²) in [5, 5.41) is 5.64. The van der Waals surface area contributed by atoms with E-state index in [2.05, 4.69) is 134 Å². The van der Waals surface area contributed by atoms with Gasteiger partial charge >= 0.3 is 37.9 Å². The van der Waals surface area contributed by atoms with E-state index in [4.69, 9.17) is 17.0 Å². The van der Waals surface area contributed by atoms with Gasteiger partial charge in [0.25, 0.3) is 0 Å². The Kier molecular flexibility index (Phi) is 15.3. The largest absolute Gasteiger partial charge is 0.164 e. The molecule has 0 spiro atoms. The van der Waals surface area contributed by atoms with Crippen molar-refractivity contribution in [2.45, 2.75) is 89.1 Å². The minimum atomic E-state index is -0.826. The third-order valence-corrected chi connectivity index (χ3v) is 9.87. The molecule has 0 saturated heterocycles. The molecule has 2 saturated carbocycles. The van der Waals surface area contributed by atoms with E-state index in [0.29, 0.717) is 0 Å². The van der Waals surface area contributed by atoms with Crippen LogP contribution in [0.1, 0.15) is 87.2 Å². The minimum absolute atomic E-state index is 0.787. The van der Waals surface area contributed by atoms with Gasteiger partial charge in [0.15, 0.2) is 0 Å². The molecule has 0 amide bonds. The second-order valence-electron chi connectivity index (χ2n) is 13.2. The fourth-order valence-electron chi connectivity index (χ4n) is 7.60. The van der Waals surface area contributed by atoms with Crippen molar-refractivity contribution >= 4 is 48.1 Å². The Bertz CT molecular complexity index is 1640. The predicted molar refractivity (Wildman–Crippen MR) is 211 cm³/mol. The van der Waals surface area contributed by atoms with Crippen molar-refractivity contribution < 1.29 is 20.8 Å². The van der Waals surface area contributed by atoms with Crippen LogP contribution in [-0.4, -0.2) is 9.52 Å². The number of benzene rings is 4. The number of fused-ring (bicyclic) bond motifs is 2. The summed E-state index contributed by atoms with van der Waals surface area (Å²) in [5.41, 5.74) is 8.51. The van der Waals surface area contributed by atoms with Crippen LogP contribution in [0.3, 0.4) is 0 Å². The molecule has 246 valence electrons. The molecule has 0 aliphatic heterocycles. The monoisotopic (exact) mass is 764 g/mol. The first-order valence-electron chi connectivity index (χ1n) is 17.7. The first-order chi connectivity index (χ1) is 23.7. The van der Waals surface area contributed by atoms with Crippen LogP contribution in [0.15, 0.2) is 121 Å². The number of hydrogen-bond donors (Lipinski definition) is 0. The maximum Gasteiger partial charge on any atom is -0.0279 e. The standard InChI is InChI=1S/2C21H21.C2H6Si.2ClH.Zr/c2*1-3-8-16(9-4-1)19-14-18-12-7-13-20(21(18)15-19)17-10-5-2-6-11-17;1-3-2;;;/h2*2,5-7,10-16H,1,3-4,8-9H2;1-2H3;2*1H;/q2*-1;;;;+4/p-2. The quantitative estimate of drug-likeness (QED) is 0.124. The van der Waals surface area contributed by atoms with E-state index in [-0.39, 0.29) is 0 Å². The summed E-state index contributed by atoms with van der Waals surface area (Å²) >= 11 is -0.826. The van der Waals surface area contributed by atoms with Gasteiger partial charge in [0.2, 0.25) is 0 Å². The summed E-state index contributed by atoms with van der Waals surface area (Å²) in [6, 6.07) is 44.7. The molecule has 0 heterocycles. The number of halogens is 2. The topological polar surface area (TPSA) is 0 Å². The fourth-order valence-corrected chi connectivity index (χ4v) is 7.60. The third-order valence-electron chi connectivity index (χ3n) is 9.87. The SMILES string of the molecule is C[Si]C.[Cl][Zr+2][Cl].c1ccc(-c2cccc3[cH-]c(C4CCCCC4)cc23)cc1.c1ccc(-c2cccc3[cH-]c(C4CCCCC4)cc23)cc1. The van der Waals surface area contributed by atoms with E-state index in [1.54, 1.807) is 11.1 Å². The zero-order chi connectivity index (χ0) is 33.6. The van der Waals surface area contributed by atoms with Crippen molar-refractivity contribution in [2.24, 2.45) is 0 Å². The molecule has 2 fully saturated rings. The fraction of sp³-hybridized carbons (Fsp3) is 0.318. The van der Waals surface area contributed by atoms with Crippen LogP contribution in [-0.2, 0) is 20.8 Å². The van der Waals surface area contributed by atoms with E-state index in [1.165, 1.54) is 108 Å². The summed E-state index contributed by atoms with van der Waals surface area (Å²) in [7, 11) is 11.0. The molecule has 2 radical (unpaired) electrons. The van der Waals surface area contributed by atoms with Crippen molar-refractivity contribution in [3.05, 3.63) is 132 Å². The average Bonchev–Trinajstić information content (AvgIpc) is 3.80. The third kappa shape index (κ3) is 9.94.